The smallest absolute Gasteiger partial charge is 0.302 e. The van der Waals surface area contributed by atoms with Gasteiger partial charge in [0.25, 0.3) is 0 Å². The Morgan fingerprint density at radius 1 is 1.57 bits per heavy atom. The highest BCUT2D eigenvalue weighted by Crippen LogP contribution is 2.30. The summed E-state index contributed by atoms with van der Waals surface area (Å²) in [5.74, 6) is 0.106. The summed E-state index contributed by atoms with van der Waals surface area (Å²) >= 11 is 0. The number of rotatable bonds is 3. The van der Waals surface area contributed by atoms with Gasteiger partial charge in [-0.05, 0) is 6.92 Å². The van der Waals surface area contributed by atoms with Gasteiger partial charge in [0.1, 0.15) is 12.3 Å². The second-order valence-electron chi connectivity index (χ2n) is 4.96. The summed E-state index contributed by atoms with van der Waals surface area (Å²) in [5.41, 5.74) is 6.00. The predicted octanol–water partition coefficient (Wildman–Crippen LogP) is -1.16. The molecule has 21 heavy (non-hydrogen) atoms. The number of nitrogens with zero attached hydrogens (tertiary/aromatic N) is 4. The van der Waals surface area contributed by atoms with Crippen molar-refractivity contribution < 1.29 is 14.9 Å². The number of imidazole rings is 1. The van der Waals surface area contributed by atoms with E-state index in [1.54, 1.807) is 9.13 Å². The quantitative estimate of drug-likeness (QED) is 0.651. The second-order valence-corrected chi connectivity index (χ2v) is 4.96. The number of nitrogen functional groups attached to an aromatic ring is 1. The molecule has 2 aromatic heterocycles. The van der Waals surface area contributed by atoms with Crippen molar-refractivity contribution in [2.45, 2.75) is 38.3 Å². The van der Waals surface area contributed by atoms with Crippen LogP contribution in [0, 0.1) is 0 Å². The van der Waals surface area contributed by atoms with E-state index in [4.69, 9.17) is 15.6 Å². The molecule has 1 aliphatic rings. The van der Waals surface area contributed by atoms with E-state index in [0.29, 0.717) is 18.6 Å². The molecule has 3 rings (SSSR count). The molecule has 1 aliphatic heterocycles. The summed E-state index contributed by atoms with van der Waals surface area (Å²) in [5, 5.41) is 19.0. The molecule has 3 atom stereocenters. The Balaban J connectivity index is 2.14. The van der Waals surface area contributed by atoms with E-state index in [0.717, 1.165) is 0 Å². The maximum Gasteiger partial charge on any atom is 0.302 e. The van der Waals surface area contributed by atoms with Gasteiger partial charge in [0.15, 0.2) is 11.2 Å². The number of nitrogens with two attached hydrogens (primary N) is 1. The third-order valence-corrected chi connectivity index (χ3v) is 3.73. The van der Waals surface area contributed by atoms with Crippen LogP contribution >= 0.6 is 0 Å². The van der Waals surface area contributed by atoms with E-state index in [1.807, 2.05) is 6.92 Å². The third kappa shape index (κ3) is 2.09. The monoisotopic (exact) mass is 295 g/mol. The zero-order valence-electron chi connectivity index (χ0n) is 11.5. The average Bonchev–Trinajstić information content (AvgIpc) is 3.03. The van der Waals surface area contributed by atoms with Crippen molar-refractivity contribution in [2.75, 3.05) is 12.3 Å². The molecule has 0 radical (unpaired) electrons. The molecule has 9 heteroatoms. The summed E-state index contributed by atoms with van der Waals surface area (Å²) in [7, 11) is 0. The van der Waals surface area contributed by atoms with Crippen LogP contribution in [0.3, 0.4) is 0 Å². The lowest BCUT2D eigenvalue weighted by atomic mass is 10.2. The lowest BCUT2D eigenvalue weighted by molar-refractivity contribution is -0.0433. The van der Waals surface area contributed by atoms with Crippen molar-refractivity contribution in [1.29, 1.82) is 0 Å². The molecule has 0 aliphatic carbocycles. The largest absolute Gasteiger partial charge is 0.394 e. The lowest BCUT2D eigenvalue weighted by Gasteiger charge is -2.17. The average molecular weight is 295 g/mol. The van der Waals surface area contributed by atoms with Crippen LogP contribution in [0.4, 0.5) is 5.95 Å². The van der Waals surface area contributed by atoms with Gasteiger partial charge in [0, 0.05) is 13.0 Å². The van der Waals surface area contributed by atoms with Gasteiger partial charge in [-0.25, -0.2) is 4.98 Å². The topological polar surface area (TPSA) is 128 Å². The molecule has 4 N–H and O–H groups in total. The number of aryl methyl sites for hydroxylation is 1. The van der Waals surface area contributed by atoms with E-state index < -0.39 is 24.0 Å². The zero-order chi connectivity index (χ0) is 15.1. The minimum Gasteiger partial charge on any atom is -0.394 e. The fraction of sp³-hybridized carbons (Fsp3) is 0.583. The molecule has 2 aromatic rings. The Morgan fingerprint density at radius 3 is 2.95 bits per heavy atom. The van der Waals surface area contributed by atoms with Crippen LogP contribution in [0.1, 0.15) is 19.6 Å². The number of hydrogen-bond acceptors (Lipinski definition) is 7. The maximum absolute atomic E-state index is 11.9. The highest BCUT2D eigenvalue weighted by Gasteiger charge is 2.35. The number of anilines is 1. The first-order chi connectivity index (χ1) is 10.1. The minimum atomic E-state index is -0.765. The van der Waals surface area contributed by atoms with E-state index in [2.05, 4.69) is 9.97 Å². The van der Waals surface area contributed by atoms with E-state index >= 15 is 0 Å². The highest BCUT2D eigenvalue weighted by atomic mass is 16.5. The van der Waals surface area contributed by atoms with Crippen molar-refractivity contribution in [3.8, 4) is 0 Å². The Morgan fingerprint density at radius 2 is 2.33 bits per heavy atom. The molecular weight excluding hydrogens is 278 g/mol. The number of aliphatic hydroxyl groups is 2. The lowest BCUT2D eigenvalue weighted by Crippen LogP contribution is -2.24. The van der Waals surface area contributed by atoms with Crippen molar-refractivity contribution in [2.24, 2.45) is 0 Å². The molecule has 0 spiro atoms. The fourth-order valence-corrected chi connectivity index (χ4v) is 2.67. The van der Waals surface area contributed by atoms with Crippen LogP contribution in [-0.2, 0) is 11.3 Å². The molecule has 0 saturated carbocycles. The number of ether oxygens (including phenoxy) is 1. The maximum atomic E-state index is 11.9. The predicted molar refractivity (Wildman–Crippen MR) is 73.5 cm³/mol. The number of fused-ring (bicyclic) bond motifs is 1. The van der Waals surface area contributed by atoms with Gasteiger partial charge in [-0.15, -0.1) is 0 Å². The molecule has 0 amide bonds. The molecule has 0 unspecified atom stereocenters. The summed E-state index contributed by atoms with van der Waals surface area (Å²) in [6.45, 7) is 2.12. The van der Waals surface area contributed by atoms with Crippen LogP contribution in [0.5, 0.6) is 0 Å². The standard InChI is InChI=1S/C12H17N5O4/c1-2-16-11-9(10(20)15-12(16)13)14-5-17(11)8-3-6(19)7(4-18)21-8/h5-8,18-19H,2-4H2,1H3,(H2,13,15,20)/t6-,7+,8+/m0/s1. The number of hydrogen-bond donors (Lipinski definition) is 3. The second kappa shape index (κ2) is 5.10. The van der Waals surface area contributed by atoms with Crippen molar-refractivity contribution >= 4 is 17.1 Å². The number of aliphatic hydroxyl groups excluding tert-OH is 2. The van der Waals surface area contributed by atoms with Gasteiger partial charge < -0.3 is 20.7 Å². The van der Waals surface area contributed by atoms with Crippen LogP contribution < -0.4 is 11.3 Å². The Hall–Kier alpha value is -1.97. The molecular formula is C12H17N5O4. The van der Waals surface area contributed by atoms with Gasteiger partial charge in [-0.2, -0.15) is 4.98 Å². The first-order valence-electron chi connectivity index (χ1n) is 6.74. The summed E-state index contributed by atoms with van der Waals surface area (Å²) in [6, 6.07) is 0. The summed E-state index contributed by atoms with van der Waals surface area (Å²) in [4.78, 5) is 19.7. The fourth-order valence-electron chi connectivity index (χ4n) is 2.67. The van der Waals surface area contributed by atoms with Gasteiger partial charge >= 0.3 is 5.56 Å². The van der Waals surface area contributed by atoms with Crippen LogP contribution in [0.2, 0.25) is 0 Å². The normalized spacial score (nSPS) is 25.8. The Kier molecular flexibility index (Phi) is 3.40. The van der Waals surface area contributed by atoms with E-state index in [9.17, 15) is 9.90 Å². The van der Waals surface area contributed by atoms with E-state index in [-0.39, 0.29) is 18.1 Å². The van der Waals surface area contributed by atoms with Gasteiger partial charge in [-0.1, -0.05) is 0 Å². The molecule has 1 fully saturated rings. The zero-order valence-corrected chi connectivity index (χ0v) is 11.5. The first-order valence-corrected chi connectivity index (χ1v) is 6.74. The first kappa shape index (κ1) is 14.0. The van der Waals surface area contributed by atoms with Gasteiger partial charge in [-0.3, -0.25) is 13.9 Å². The molecule has 1 saturated heterocycles. The van der Waals surface area contributed by atoms with Gasteiger partial charge in [0.05, 0.1) is 19.0 Å². The van der Waals surface area contributed by atoms with Crippen LogP contribution in [0.25, 0.3) is 11.2 Å². The third-order valence-electron chi connectivity index (χ3n) is 3.73. The SMILES string of the molecule is CCn1c(N)nc(=O)c2ncn([C@H]3C[C@H](O)[C@@H](CO)O3)c21. The van der Waals surface area contributed by atoms with Crippen LogP contribution in [-0.4, -0.2) is 48.1 Å². The highest BCUT2D eigenvalue weighted by molar-refractivity contribution is 5.71. The van der Waals surface area contributed by atoms with Gasteiger partial charge in [0.2, 0.25) is 5.95 Å². The Labute approximate surface area is 119 Å². The van der Waals surface area contributed by atoms with Crippen molar-refractivity contribution in [1.82, 2.24) is 19.1 Å². The summed E-state index contributed by atoms with van der Waals surface area (Å²) < 4.78 is 8.91. The molecule has 9 nitrogen and oxygen atoms in total. The Bertz CT molecular complexity index is 724. The molecule has 3 heterocycles. The van der Waals surface area contributed by atoms with Crippen LogP contribution in [0.15, 0.2) is 11.1 Å². The van der Waals surface area contributed by atoms with Crippen molar-refractivity contribution in [3.05, 3.63) is 16.7 Å². The molecule has 114 valence electrons. The minimum absolute atomic E-state index is 0.106. The van der Waals surface area contributed by atoms with Crippen molar-refractivity contribution in [3.63, 3.8) is 0 Å². The number of aromatic nitrogens is 4. The summed E-state index contributed by atoms with van der Waals surface area (Å²) in [6.07, 6.45) is -0.152. The molecule has 0 bridgehead atoms. The molecule has 0 aromatic carbocycles. The van der Waals surface area contributed by atoms with E-state index in [1.165, 1.54) is 6.33 Å².